The Kier molecular flexibility index (Phi) is 6.32. The third-order valence-corrected chi connectivity index (χ3v) is 5.62. The second kappa shape index (κ2) is 9.49. The number of aryl methyl sites for hydroxylation is 1. The maximum absolute atomic E-state index is 12.6. The molecule has 0 aliphatic heterocycles. The summed E-state index contributed by atoms with van der Waals surface area (Å²) in [7, 11) is 3.95. The highest BCUT2D eigenvalue weighted by Crippen LogP contribution is 2.38. The van der Waals surface area contributed by atoms with Crippen molar-refractivity contribution < 1.29 is 4.79 Å². The van der Waals surface area contributed by atoms with Crippen molar-refractivity contribution in [1.29, 1.82) is 0 Å². The van der Waals surface area contributed by atoms with Gasteiger partial charge in [0, 0.05) is 48.9 Å². The first-order valence-corrected chi connectivity index (χ1v) is 10.9. The van der Waals surface area contributed by atoms with Gasteiger partial charge in [0.25, 0.3) is 0 Å². The maximum Gasteiger partial charge on any atom is 0.323 e. The lowest BCUT2D eigenvalue weighted by molar-refractivity contribution is 0.262. The minimum absolute atomic E-state index is 0.306. The Hall–Kier alpha value is -3.91. The van der Waals surface area contributed by atoms with E-state index in [1.807, 2.05) is 90.8 Å². The fraction of sp³-hybridized carbons (Fsp3) is 0.125. The second-order valence-corrected chi connectivity index (χ2v) is 8.26. The Morgan fingerprint density at radius 3 is 2.34 bits per heavy atom. The number of hydrogen-bond donors (Lipinski definition) is 2. The summed E-state index contributed by atoms with van der Waals surface area (Å²) in [6.07, 6.45) is 5.31. The standard InChI is InChI=1S/C24H24N6OS/c1-17-6-7-19(28-23(31)27-18-8-10-20(11-9-18)29(2)3)15-22(17)30(24-26-13-14-32-24)21-5-4-12-25-16-21/h4-16H,1-3H3,(H2,27,28,31). The van der Waals surface area contributed by atoms with Crippen LogP contribution in [0, 0.1) is 6.92 Å². The molecule has 0 aliphatic rings. The molecule has 0 atom stereocenters. The predicted molar refractivity (Wildman–Crippen MR) is 133 cm³/mol. The molecule has 0 spiro atoms. The first-order valence-electron chi connectivity index (χ1n) is 10.1. The Morgan fingerprint density at radius 2 is 1.69 bits per heavy atom. The molecule has 2 aromatic heterocycles. The Morgan fingerprint density at radius 1 is 0.938 bits per heavy atom. The molecule has 4 rings (SSSR count). The van der Waals surface area contributed by atoms with Gasteiger partial charge in [-0.25, -0.2) is 9.78 Å². The molecule has 8 heteroatoms. The van der Waals surface area contributed by atoms with Crippen LogP contribution in [0.25, 0.3) is 0 Å². The number of benzene rings is 2. The molecule has 32 heavy (non-hydrogen) atoms. The van der Waals surface area contributed by atoms with Crippen LogP contribution in [0.15, 0.2) is 78.6 Å². The van der Waals surface area contributed by atoms with E-state index in [1.165, 1.54) is 11.3 Å². The Bertz CT molecular complexity index is 1180. The molecule has 2 N–H and O–H groups in total. The zero-order valence-corrected chi connectivity index (χ0v) is 18.9. The van der Waals surface area contributed by atoms with Gasteiger partial charge in [-0.1, -0.05) is 6.07 Å². The highest BCUT2D eigenvalue weighted by molar-refractivity contribution is 7.13. The van der Waals surface area contributed by atoms with Gasteiger partial charge >= 0.3 is 6.03 Å². The molecule has 0 aliphatic carbocycles. The molecule has 0 radical (unpaired) electrons. The van der Waals surface area contributed by atoms with E-state index in [4.69, 9.17) is 0 Å². The fourth-order valence-corrected chi connectivity index (χ4v) is 3.90. The molecule has 0 fully saturated rings. The van der Waals surface area contributed by atoms with Crippen LogP contribution in [0.4, 0.5) is 38.4 Å². The van der Waals surface area contributed by atoms with Gasteiger partial charge in [-0.3, -0.25) is 9.88 Å². The first-order chi connectivity index (χ1) is 15.5. The lowest BCUT2D eigenvalue weighted by atomic mass is 10.1. The van der Waals surface area contributed by atoms with E-state index in [2.05, 4.69) is 20.6 Å². The van der Waals surface area contributed by atoms with Crippen molar-refractivity contribution in [3.05, 3.63) is 84.1 Å². The van der Waals surface area contributed by atoms with Crippen LogP contribution in [0.2, 0.25) is 0 Å². The number of carbonyl (C=O) groups excluding carboxylic acids is 1. The lowest BCUT2D eigenvalue weighted by Gasteiger charge is -2.24. The van der Waals surface area contributed by atoms with E-state index in [0.29, 0.717) is 5.69 Å². The molecule has 2 amide bonds. The number of nitrogens with one attached hydrogen (secondary N) is 2. The van der Waals surface area contributed by atoms with Crippen LogP contribution in [0.1, 0.15) is 5.56 Å². The number of pyridine rings is 1. The summed E-state index contributed by atoms with van der Waals surface area (Å²) in [6, 6.07) is 17.0. The summed E-state index contributed by atoms with van der Waals surface area (Å²) in [5.41, 5.74) is 5.33. The summed E-state index contributed by atoms with van der Waals surface area (Å²) >= 11 is 1.54. The minimum atomic E-state index is -0.306. The van der Waals surface area contributed by atoms with Gasteiger partial charge in [0.05, 0.1) is 17.6 Å². The van der Waals surface area contributed by atoms with Crippen molar-refractivity contribution in [3.63, 3.8) is 0 Å². The number of hydrogen-bond acceptors (Lipinski definition) is 6. The monoisotopic (exact) mass is 444 g/mol. The van der Waals surface area contributed by atoms with Crippen LogP contribution in [-0.2, 0) is 0 Å². The molecule has 2 heterocycles. The molecule has 0 bridgehead atoms. The van der Waals surface area contributed by atoms with E-state index < -0.39 is 0 Å². The zero-order valence-electron chi connectivity index (χ0n) is 18.1. The van der Waals surface area contributed by atoms with Crippen LogP contribution in [0.5, 0.6) is 0 Å². The SMILES string of the molecule is Cc1ccc(NC(=O)Nc2ccc(N(C)C)cc2)cc1N(c1cccnc1)c1nccs1. The van der Waals surface area contributed by atoms with Crippen molar-refractivity contribution >= 4 is 50.9 Å². The van der Waals surface area contributed by atoms with Crippen LogP contribution < -0.4 is 20.4 Å². The summed E-state index contributed by atoms with van der Waals surface area (Å²) in [6.45, 7) is 2.03. The Labute approximate surface area is 191 Å². The molecule has 0 saturated heterocycles. The van der Waals surface area contributed by atoms with Crippen LogP contribution in [-0.4, -0.2) is 30.1 Å². The van der Waals surface area contributed by atoms with Crippen molar-refractivity contribution in [2.45, 2.75) is 6.92 Å². The summed E-state index contributed by atoms with van der Waals surface area (Å²) in [5, 5.41) is 8.56. The number of carbonyl (C=O) groups is 1. The number of anilines is 6. The number of aromatic nitrogens is 2. The summed E-state index contributed by atoms with van der Waals surface area (Å²) in [5.74, 6) is 0. The zero-order chi connectivity index (χ0) is 22.5. The van der Waals surface area contributed by atoms with Gasteiger partial charge in [-0.05, 0) is 61.0 Å². The van der Waals surface area contributed by atoms with E-state index in [1.54, 1.807) is 18.6 Å². The molecule has 0 saturated carbocycles. The summed E-state index contributed by atoms with van der Waals surface area (Å²) < 4.78 is 0. The molecular weight excluding hydrogens is 420 g/mol. The molecule has 7 nitrogen and oxygen atoms in total. The van der Waals surface area contributed by atoms with Crippen molar-refractivity contribution in [3.8, 4) is 0 Å². The van der Waals surface area contributed by atoms with Crippen LogP contribution >= 0.6 is 11.3 Å². The highest BCUT2D eigenvalue weighted by Gasteiger charge is 2.18. The van der Waals surface area contributed by atoms with Crippen molar-refractivity contribution in [2.75, 3.05) is 34.5 Å². The smallest absolute Gasteiger partial charge is 0.323 e. The molecule has 4 aromatic rings. The number of amides is 2. The minimum Gasteiger partial charge on any atom is -0.378 e. The molecule has 2 aromatic carbocycles. The van der Waals surface area contributed by atoms with Crippen molar-refractivity contribution in [2.24, 2.45) is 0 Å². The van der Waals surface area contributed by atoms with Gasteiger partial charge in [0.2, 0.25) is 0 Å². The van der Waals surface area contributed by atoms with E-state index in [-0.39, 0.29) is 6.03 Å². The topological polar surface area (TPSA) is 73.4 Å². The fourth-order valence-electron chi connectivity index (χ4n) is 3.23. The van der Waals surface area contributed by atoms with Gasteiger partial charge < -0.3 is 15.5 Å². The number of rotatable bonds is 6. The average Bonchev–Trinajstić information content (AvgIpc) is 3.31. The quantitative estimate of drug-likeness (QED) is 0.380. The van der Waals surface area contributed by atoms with E-state index in [9.17, 15) is 4.79 Å². The number of nitrogens with zero attached hydrogens (tertiary/aromatic N) is 4. The number of urea groups is 1. The predicted octanol–water partition coefficient (Wildman–Crippen LogP) is 6.03. The van der Waals surface area contributed by atoms with Crippen LogP contribution in [0.3, 0.4) is 0 Å². The highest BCUT2D eigenvalue weighted by atomic mass is 32.1. The van der Waals surface area contributed by atoms with Gasteiger partial charge in [0.15, 0.2) is 5.13 Å². The largest absolute Gasteiger partial charge is 0.378 e. The molecular formula is C24H24N6OS. The summed E-state index contributed by atoms with van der Waals surface area (Å²) in [4.78, 5) is 25.4. The molecule has 0 unspecified atom stereocenters. The Balaban J connectivity index is 1.57. The third kappa shape index (κ3) is 4.87. The lowest BCUT2D eigenvalue weighted by Crippen LogP contribution is -2.20. The van der Waals surface area contributed by atoms with Gasteiger partial charge in [-0.2, -0.15) is 0 Å². The third-order valence-electron chi connectivity index (χ3n) is 4.86. The van der Waals surface area contributed by atoms with E-state index in [0.717, 1.165) is 33.4 Å². The molecule has 162 valence electrons. The van der Waals surface area contributed by atoms with Crippen molar-refractivity contribution in [1.82, 2.24) is 9.97 Å². The maximum atomic E-state index is 12.6. The number of thiazole rings is 1. The first kappa shape index (κ1) is 21.3. The van der Waals surface area contributed by atoms with Gasteiger partial charge in [-0.15, -0.1) is 11.3 Å². The van der Waals surface area contributed by atoms with E-state index >= 15 is 0 Å². The van der Waals surface area contributed by atoms with Gasteiger partial charge in [0.1, 0.15) is 0 Å². The second-order valence-electron chi connectivity index (χ2n) is 7.38. The average molecular weight is 445 g/mol. The normalized spacial score (nSPS) is 10.5.